The summed E-state index contributed by atoms with van der Waals surface area (Å²) in [5, 5.41) is 0. The Morgan fingerprint density at radius 1 is 1.43 bits per heavy atom. The van der Waals surface area contributed by atoms with Gasteiger partial charge in [0.05, 0.1) is 16.4 Å². The van der Waals surface area contributed by atoms with E-state index < -0.39 is 0 Å². The van der Waals surface area contributed by atoms with Gasteiger partial charge in [-0.05, 0) is 17.7 Å². The molecule has 0 radical (unpaired) electrons. The minimum Gasteiger partial charge on any atom is -0.465 e. The van der Waals surface area contributed by atoms with Crippen LogP contribution >= 0.6 is 47.8 Å². The third-order valence-corrected chi connectivity index (χ3v) is 3.14. The molecular weight excluding hydrogens is 380 g/mol. The average Bonchev–Trinajstić information content (AvgIpc) is 2.16. The van der Waals surface area contributed by atoms with Gasteiger partial charge in [-0.2, -0.15) is 0 Å². The zero-order valence-electron chi connectivity index (χ0n) is 7.26. The summed E-state index contributed by atoms with van der Waals surface area (Å²) in [6.07, 6.45) is 0. The van der Waals surface area contributed by atoms with Crippen LogP contribution in [0, 0.1) is 0 Å². The molecule has 0 fully saturated rings. The van der Waals surface area contributed by atoms with Crippen molar-refractivity contribution in [1.82, 2.24) is 0 Å². The molecule has 1 aromatic carbocycles. The highest BCUT2D eigenvalue weighted by atomic mass is 79.9. The highest BCUT2D eigenvalue weighted by molar-refractivity contribution is 9.24. The smallest absolute Gasteiger partial charge is 0.338 e. The fourth-order valence-electron chi connectivity index (χ4n) is 1.01. The Balaban J connectivity index is 3.22. The molecule has 2 nitrogen and oxygen atoms in total. The molecule has 0 saturated carbocycles. The molecule has 0 amide bonds. The number of hydrogen-bond acceptors (Lipinski definition) is 2. The van der Waals surface area contributed by atoms with Gasteiger partial charge in [0.25, 0.3) is 0 Å². The first kappa shape index (κ1) is 12.2. The number of ether oxygens (including phenoxy) is 1. The number of carbonyl (C=O) groups is 1. The summed E-state index contributed by atoms with van der Waals surface area (Å²) < 4.78 is 5.47. The van der Waals surface area contributed by atoms with Crippen LogP contribution in [-0.4, -0.2) is 13.1 Å². The molecule has 0 aliphatic heterocycles. The molecule has 0 spiro atoms. The molecule has 0 heterocycles. The quantitative estimate of drug-likeness (QED) is 0.566. The van der Waals surface area contributed by atoms with Crippen LogP contribution in [0.4, 0.5) is 0 Å². The molecule has 0 N–H and O–H groups in total. The van der Waals surface area contributed by atoms with Crippen LogP contribution in [0.3, 0.4) is 0 Å². The molecule has 1 rings (SSSR count). The van der Waals surface area contributed by atoms with Gasteiger partial charge in [-0.25, -0.2) is 4.79 Å². The summed E-state index contributed by atoms with van der Waals surface area (Å²) in [7, 11) is 1.37. The maximum atomic E-state index is 11.4. The lowest BCUT2D eigenvalue weighted by Crippen LogP contribution is -2.05. The number of benzene rings is 1. The van der Waals surface area contributed by atoms with Gasteiger partial charge in [-0.3, -0.25) is 0 Å². The van der Waals surface area contributed by atoms with Crippen molar-refractivity contribution in [3.8, 4) is 0 Å². The van der Waals surface area contributed by atoms with E-state index in [-0.39, 0.29) is 9.71 Å². The molecule has 0 aliphatic carbocycles. The number of hydrogen-bond donors (Lipinski definition) is 0. The Morgan fingerprint density at radius 2 is 2.07 bits per heavy atom. The minimum absolute atomic E-state index is 0.0581. The lowest BCUT2D eigenvalue weighted by molar-refractivity contribution is 0.0599. The summed E-state index contributed by atoms with van der Waals surface area (Å²) in [5.41, 5.74) is 1.39. The van der Waals surface area contributed by atoms with Crippen molar-refractivity contribution >= 4 is 53.8 Å². The molecule has 0 aromatic heterocycles. The third-order valence-electron chi connectivity index (χ3n) is 1.66. The van der Waals surface area contributed by atoms with E-state index in [2.05, 4.69) is 52.5 Å². The second-order valence-corrected chi connectivity index (χ2v) is 6.50. The molecule has 5 heteroatoms. The van der Waals surface area contributed by atoms with Gasteiger partial charge in [0, 0.05) is 4.47 Å². The lowest BCUT2D eigenvalue weighted by atomic mass is 10.1. The first-order chi connectivity index (χ1) is 6.56. The largest absolute Gasteiger partial charge is 0.465 e. The molecule has 76 valence electrons. The lowest BCUT2D eigenvalue weighted by Gasteiger charge is -2.08. The van der Waals surface area contributed by atoms with Crippen LogP contribution in [0.15, 0.2) is 22.7 Å². The van der Waals surface area contributed by atoms with Crippen molar-refractivity contribution < 1.29 is 9.53 Å². The van der Waals surface area contributed by atoms with Crippen LogP contribution in [0.5, 0.6) is 0 Å². The normalized spacial score (nSPS) is 10.4. The molecule has 0 saturated heterocycles. The van der Waals surface area contributed by atoms with E-state index in [1.165, 1.54) is 7.11 Å². The molecular formula is C9H7Br3O2. The van der Waals surface area contributed by atoms with Gasteiger partial charge >= 0.3 is 5.97 Å². The Hall–Kier alpha value is 0.130. The summed E-state index contributed by atoms with van der Waals surface area (Å²) in [6, 6.07) is 5.46. The van der Waals surface area contributed by atoms with Gasteiger partial charge in [-0.1, -0.05) is 53.9 Å². The van der Waals surface area contributed by atoms with Gasteiger partial charge in [0.2, 0.25) is 0 Å². The topological polar surface area (TPSA) is 26.3 Å². The van der Waals surface area contributed by atoms with Gasteiger partial charge in [0.15, 0.2) is 0 Å². The number of methoxy groups -OCH3 is 1. The molecule has 1 aromatic rings. The van der Waals surface area contributed by atoms with E-state index >= 15 is 0 Å². The van der Waals surface area contributed by atoms with E-state index in [4.69, 9.17) is 0 Å². The van der Waals surface area contributed by atoms with Crippen molar-refractivity contribution in [2.45, 2.75) is 3.74 Å². The fraction of sp³-hybridized carbons (Fsp3) is 0.222. The monoisotopic (exact) mass is 384 g/mol. The second-order valence-electron chi connectivity index (χ2n) is 2.52. The maximum absolute atomic E-state index is 11.4. The maximum Gasteiger partial charge on any atom is 0.338 e. The number of alkyl halides is 2. The highest BCUT2D eigenvalue weighted by Gasteiger charge is 2.15. The summed E-state index contributed by atoms with van der Waals surface area (Å²) >= 11 is 10.0. The van der Waals surface area contributed by atoms with Crippen LogP contribution in [0.25, 0.3) is 0 Å². The first-order valence-electron chi connectivity index (χ1n) is 3.72. The summed E-state index contributed by atoms with van der Waals surface area (Å²) in [5.74, 6) is -0.342. The highest BCUT2D eigenvalue weighted by Crippen LogP contribution is 2.33. The van der Waals surface area contributed by atoms with Crippen molar-refractivity contribution in [3.05, 3.63) is 33.8 Å². The number of halogens is 3. The van der Waals surface area contributed by atoms with Crippen LogP contribution in [0.1, 0.15) is 19.7 Å². The van der Waals surface area contributed by atoms with E-state index in [1.807, 2.05) is 12.1 Å². The van der Waals surface area contributed by atoms with E-state index in [0.717, 1.165) is 10.0 Å². The molecule has 0 unspecified atom stereocenters. The third kappa shape index (κ3) is 2.81. The minimum atomic E-state index is -0.342. The van der Waals surface area contributed by atoms with Crippen LogP contribution in [-0.2, 0) is 4.74 Å². The van der Waals surface area contributed by atoms with Gasteiger partial charge in [0.1, 0.15) is 0 Å². The van der Waals surface area contributed by atoms with Crippen molar-refractivity contribution in [2.24, 2.45) is 0 Å². The van der Waals surface area contributed by atoms with Crippen LogP contribution < -0.4 is 0 Å². The van der Waals surface area contributed by atoms with Gasteiger partial charge in [-0.15, -0.1) is 0 Å². The Kier molecular flexibility index (Phi) is 4.60. The Morgan fingerprint density at radius 3 is 2.57 bits per heavy atom. The second kappa shape index (κ2) is 5.28. The van der Waals surface area contributed by atoms with Crippen LogP contribution in [0.2, 0.25) is 0 Å². The molecule has 0 atom stereocenters. The van der Waals surface area contributed by atoms with Gasteiger partial charge < -0.3 is 4.74 Å². The average molecular weight is 387 g/mol. The Bertz CT molecular complexity index is 350. The molecule has 0 bridgehead atoms. The number of rotatable bonds is 2. The summed E-state index contributed by atoms with van der Waals surface area (Å²) in [6.45, 7) is 0. The first-order valence-corrected chi connectivity index (χ1v) is 6.34. The van der Waals surface area contributed by atoms with Crippen molar-refractivity contribution in [2.75, 3.05) is 7.11 Å². The van der Waals surface area contributed by atoms with E-state index in [9.17, 15) is 4.79 Å². The number of esters is 1. The van der Waals surface area contributed by atoms with Crippen molar-refractivity contribution in [1.29, 1.82) is 0 Å². The molecule has 0 aliphatic rings. The predicted octanol–water partition coefficient (Wildman–Crippen LogP) is 4.02. The number of carbonyl (C=O) groups excluding carboxylic acids is 1. The SMILES string of the molecule is COC(=O)c1cc(Br)ccc1C(Br)Br. The van der Waals surface area contributed by atoms with E-state index in [1.54, 1.807) is 6.07 Å². The molecule has 14 heavy (non-hydrogen) atoms. The van der Waals surface area contributed by atoms with Crippen molar-refractivity contribution in [3.63, 3.8) is 0 Å². The predicted molar refractivity (Wildman–Crippen MR) is 66.1 cm³/mol. The van der Waals surface area contributed by atoms with E-state index in [0.29, 0.717) is 5.56 Å². The fourth-order valence-corrected chi connectivity index (χ4v) is 2.17. The zero-order chi connectivity index (χ0) is 10.7. The zero-order valence-corrected chi connectivity index (χ0v) is 12.0. The Labute approximate surface area is 107 Å². The standard InChI is InChI=1S/C9H7Br3O2/c1-14-9(13)7-4-5(10)2-3-6(7)8(11)12/h2-4,8H,1H3. The summed E-state index contributed by atoms with van der Waals surface area (Å²) in [4.78, 5) is 11.4.